The molecule has 0 bridgehead atoms. The van der Waals surface area contributed by atoms with E-state index in [1.165, 1.54) is 10.6 Å². The van der Waals surface area contributed by atoms with Crippen molar-refractivity contribution < 1.29 is 0 Å². The zero-order valence-electron chi connectivity index (χ0n) is 9.64. The van der Waals surface area contributed by atoms with Crippen LogP contribution in [0.5, 0.6) is 0 Å². The number of nitrogens with zero attached hydrogens (tertiary/aromatic N) is 3. The molecule has 0 saturated heterocycles. The van der Waals surface area contributed by atoms with E-state index in [1.54, 1.807) is 6.21 Å². The van der Waals surface area contributed by atoms with Crippen molar-refractivity contribution in [2.45, 2.75) is 19.4 Å². The minimum Gasteiger partial charge on any atom is -0.291 e. The van der Waals surface area contributed by atoms with Crippen LogP contribution in [0.4, 0.5) is 0 Å². The molecule has 2 aromatic heterocycles. The summed E-state index contributed by atoms with van der Waals surface area (Å²) in [5, 5.41) is 3.05. The lowest BCUT2D eigenvalue weighted by Crippen LogP contribution is -2.17. The molecule has 0 aliphatic carbocycles. The Morgan fingerprint density at radius 1 is 1.41 bits per heavy atom. The van der Waals surface area contributed by atoms with Gasteiger partial charge < -0.3 is 0 Å². The lowest BCUT2D eigenvalue weighted by Gasteiger charge is -2.15. The van der Waals surface area contributed by atoms with E-state index in [9.17, 15) is 4.79 Å². The van der Waals surface area contributed by atoms with E-state index < -0.39 is 5.54 Å². The normalized spacial score (nSPS) is 22.7. The van der Waals surface area contributed by atoms with E-state index in [-0.39, 0.29) is 5.56 Å². The van der Waals surface area contributed by atoms with Gasteiger partial charge in [0.15, 0.2) is 5.65 Å². The molecule has 0 radical (unpaired) electrons. The van der Waals surface area contributed by atoms with Crippen LogP contribution in [-0.2, 0) is 5.54 Å². The van der Waals surface area contributed by atoms with Crippen LogP contribution < -0.4 is 5.56 Å². The summed E-state index contributed by atoms with van der Waals surface area (Å²) in [5.41, 5.74) is 1.68. The zero-order valence-corrected chi connectivity index (χ0v) is 9.64. The molecular weight excluding hydrogens is 216 g/mol. The maximum absolute atomic E-state index is 11.8. The highest BCUT2D eigenvalue weighted by Crippen LogP contribution is 2.28. The average molecular weight is 228 g/mol. The lowest BCUT2D eigenvalue weighted by atomic mass is 10.0. The van der Waals surface area contributed by atoms with Gasteiger partial charge in [-0.3, -0.25) is 14.9 Å². The van der Waals surface area contributed by atoms with Crippen molar-refractivity contribution >= 4 is 11.9 Å². The van der Waals surface area contributed by atoms with Gasteiger partial charge in [-0.25, -0.2) is 9.50 Å². The Bertz CT molecular complexity index is 693. The zero-order chi connectivity index (χ0) is 12.0. The highest BCUT2D eigenvalue weighted by atomic mass is 16.1. The second kappa shape index (κ2) is 3.16. The van der Waals surface area contributed by atoms with Crippen molar-refractivity contribution in [2.75, 3.05) is 0 Å². The molecule has 3 rings (SSSR count). The molecular formula is C12H12N4O. The molecule has 0 spiro atoms. The van der Waals surface area contributed by atoms with Gasteiger partial charge in [-0.1, -0.05) is 0 Å². The maximum Gasteiger partial charge on any atom is 0.272 e. The van der Waals surface area contributed by atoms with Gasteiger partial charge in [0.2, 0.25) is 0 Å². The molecule has 2 aromatic rings. The van der Waals surface area contributed by atoms with Gasteiger partial charge in [0.05, 0.1) is 5.69 Å². The molecule has 17 heavy (non-hydrogen) atoms. The third-order valence-corrected chi connectivity index (χ3v) is 2.97. The molecule has 1 atom stereocenters. The molecule has 0 amide bonds. The Labute approximate surface area is 97.5 Å². The fourth-order valence-electron chi connectivity index (χ4n) is 2.00. The van der Waals surface area contributed by atoms with Gasteiger partial charge in [-0.2, -0.15) is 0 Å². The summed E-state index contributed by atoms with van der Waals surface area (Å²) in [5.74, 6) is 0. The number of hydrogen-bond donors (Lipinski definition) is 1. The van der Waals surface area contributed by atoms with E-state index in [1.807, 2.05) is 32.1 Å². The van der Waals surface area contributed by atoms with Crippen LogP contribution >= 0.6 is 0 Å². The molecule has 1 aliphatic rings. The number of rotatable bonds is 1. The average Bonchev–Trinajstić information content (AvgIpc) is 2.84. The van der Waals surface area contributed by atoms with Crippen molar-refractivity contribution in [1.29, 1.82) is 0 Å². The first-order valence-electron chi connectivity index (χ1n) is 5.41. The number of aromatic amines is 1. The molecule has 1 N–H and O–H groups in total. The third kappa shape index (κ3) is 1.43. The van der Waals surface area contributed by atoms with Gasteiger partial charge in [0.25, 0.3) is 5.56 Å². The SMILES string of the molecule is Cc1cc(=O)n2[nH]c(C3(C)C=CC=N3)cc2n1. The molecule has 1 aliphatic heterocycles. The molecule has 0 fully saturated rings. The lowest BCUT2D eigenvalue weighted by molar-refractivity contribution is 0.612. The largest absolute Gasteiger partial charge is 0.291 e. The van der Waals surface area contributed by atoms with E-state index in [0.717, 1.165) is 11.4 Å². The second-order valence-electron chi connectivity index (χ2n) is 4.38. The number of hydrogen-bond acceptors (Lipinski definition) is 3. The fourth-order valence-corrected chi connectivity index (χ4v) is 2.00. The minimum atomic E-state index is -0.423. The van der Waals surface area contributed by atoms with Gasteiger partial charge in [-0.15, -0.1) is 0 Å². The number of H-pyrrole nitrogens is 1. The molecule has 5 nitrogen and oxygen atoms in total. The fraction of sp³-hybridized carbons (Fsp3) is 0.250. The molecule has 86 valence electrons. The predicted molar refractivity (Wildman–Crippen MR) is 65.5 cm³/mol. The second-order valence-corrected chi connectivity index (χ2v) is 4.38. The van der Waals surface area contributed by atoms with Crippen LogP contribution in [0.2, 0.25) is 0 Å². The summed E-state index contributed by atoms with van der Waals surface area (Å²) < 4.78 is 1.44. The van der Waals surface area contributed by atoms with Gasteiger partial charge in [-0.05, 0) is 26.0 Å². The highest BCUT2D eigenvalue weighted by molar-refractivity contribution is 5.75. The summed E-state index contributed by atoms with van der Waals surface area (Å²) in [4.78, 5) is 20.5. The van der Waals surface area contributed by atoms with Crippen molar-refractivity contribution in [1.82, 2.24) is 14.6 Å². The molecule has 0 aromatic carbocycles. The predicted octanol–water partition coefficient (Wildman–Crippen LogP) is 1.19. The number of aryl methyl sites for hydroxylation is 1. The Balaban J connectivity index is 2.27. The maximum atomic E-state index is 11.8. The van der Waals surface area contributed by atoms with Crippen LogP contribution in [0.25, 0.3) is 5.65 Å². The van der Waals surface area contributed by atoms with Crippen LogP contribution in [0, 0.1) is 6.92 Å². The summed E-state index contributed by atoms with van der Waals surface area (Å²) >= 11 is 0. The van der Waals surface area contributed by atoms with Crippen molar-refractivity contribution in [3.8, 4) is 0 Å². The highest BCUT2D eigenvalue weighted by Gasteiger charge is 2.26. The third-order valence-electron chi connectivity index (χ3n) is 2.97. The van der Waals surface area contributed by atoms with Gasteiger partial charge in [0, 0.05) is 24.0 Å². The van der Waals surface area contributed by atoms with Crippen LogP contribution in [0.1, 0.15) is 18.3 Å². The Morgan fingerprint density at radius 2 is 2.24 bits per heavy atom. The van der Waals surface area contributed by atoms with E-state index in [0.29, 0.717) is 5.65 Å². The van der Waals surface area contributed by atoms with Crippen LogP contribution in [0.3, 0.4) is 0 Å². The Hall–Kier alpha value is -2.17. The van der Waals surface area contributed by atoms with E-state index >= 15 is 0 Å². The molecule has 0 saturated carbocycles. The molecule has 5 heteroatoms. The topological polar surface area (TPSA) is 62.5 Å². The van der Waals surface area contributed by atoms with Crippen LogP contribution in [0.15, 0.2) is 34.1 Å². The summed E-state index contributed by atoms with van der Waals surface area (Å²) in [6, 6.07) is 3.37. The first kappa shape index (κ1) is 10.0. The van der Waals surface area contributed by atoms with E-state index in [4.69, 9.17) is 0 Å². The first-order chi connectivity index (χ1) is 8.08. The Morgan fingerprint density at radius 3 is 2.94 bits per heavy atom. The standard InChI is InChI=1S/C12H12N4O/c1-8-6-11(17)16-10(14-8)7-9(15-16)12(2)4-3-5-13-12/h3-7,15H,1-2H3. The number of fused-ring (bicyclic) bond motifs is 1. The number of aliphatic imine (C=N–C) groups is 1. The quantitative estimate of drug-likeness (QED) is 0.796. The van der Waals surface area contributed by atoms with Gasteiger partial charge >= 0.3 is 0 Å². The van der Waals surface area contributed by atoms with Gasteiger partial charge in [0.1, 0.15) is 5.54 Å². The summed E-state index contributed by atoms with van der Waals surface area (Å²) in [7, 11) is 0. The minimum absolute atomic E-state index is 0.103. The number of allylic oxidation sites excluding steroid dienone is 1. The van der Waals surface area contributed by atoms with Crippen LogP contribution in [-0.4, -0.2) is 20.8 Å². The molecule has 1 unspecified atom stereocenters. The first-order valence-corrected chi connectivity index (χ1v) is 5.41. The van der Waals surface area contributed by atoms with Crippen molar-refractivity contribution in [3.63, 3.8) is 0 Å². The number of aromatic nitrogens is 3. The van der Waals surface area contributed by atoms with E-state index in [2.05, 4.69) is 15.1 Å². The number of nitrogens with one attached hydrogen (secondary N) is 1. The smallest absolute Gasteiger partial charge is 0.272 e. The van der Waals surface area contributed by atoms with Crippen molar-refractivity contribution in [2.24, 2.45) is 4.99 Å². The monoisotopic (exact) mass is 228 g/mol. The summed E-state index contributed by atoms with van der Waals surface area (Å²) in [6.07, 6.45) is 5.63. The Kier molecular flexibility index (Phi) is 1.86. The summed E-state index contributed by atoms with van der Waals surface area (Å²) in [6.45, 7) is 3.79. The molecule has 3 heterocycles. The van der Waals surface area contributed by atoms with Crippen molar-refractivity contribution in [3.05, 3.63) is 46.0 Å².